The van der Waals surface area contributed by atoms with Crippen LogP contribution in [0.2, 0.25) is 0 Å². The third kappa shape index (κ3) is 32.4. The molecule has 9 aromatic carbocycles. The standard InChI is InChI=1S/2C23H22P.C8H6.2C8H5.CH3O.4Au.2ClH.Na/c2*1-3-20-14-16-21(17-15-20)18-19(2)24(22-10-6-4-7-11-22)23-12-8-5-9-13-23;3*1-2-8-6-4-3-5-7-8;1-2;;;;;;;/h2*3-17,19H,1-2,18H2;1,3-7H;2*3-7H;1H3;;;;;2*1H;/q2*-1;;3*-1;;3*+1;;;+1. The Morgan fingerprint density at radius 3 is 0.827 bits per heavy atom. The van der Waals surface area contributed by atoms with Crippen LogP contribution >= 0.6 is 34.2 Å². The second-order valence-electron chi connectivity index (χ2n) is 16.5. The predicted octanol–water partition coefficient (Wildman–Crippen LogP) is 12.1. The summed E-state index contributed by atoms with van der Waals surface area (Å²) in [6, 6.07) is 89.1. The molecule has 9 rings (SSSR count). The summed E-state index contributed by atoms with van der Waals surface area (Å²) in [7, 11) is 8.07. The molecule has 0 saturated heterocycles. The van der Waals surface area contributed by atoms with Crippen LogP contribution in [0.15, 0.2) is 274 Å². The largest absolute Gasteiger partial charge is 1.00 e. The number of benzene rings is 9. The van der Waals surface area contributed by atoms with Crippen LogP contribution in [0.4, 0.5) is 0 Å². The zero-order chi connectivity index (χ0) is 57.0. The Kier molecular flexibility index (Phi) is 51.2. The van der Waals surface area contributed by atoms with Gasteiger partial charge in [-0.2, -0.15) is 7.11 Å². The minimum Gasteiger partial charge on any atom is 1.00 e. The van der Waals surface area contributed by atoms with E-state index in [-0.39, 0.29) is 74.3 Å². The van der Waals surface area contributed by atoms with E-state index in [1.165, 1.54) is 32.3 Å². The van der Waals surface area contributed by atoms with Crippen LogP contribution in [-0.2, 0) is 97.6 Å². The monoisotopic (exact) mass is 1880 g/mol. The summed E-state index contributed by atoms with van der Waals surface area (Å²) >= 11 is 3.50. The van der Waals surface area contributed by atoms with E-state index in [1.54, 1.807) is 40.0 Å². The molecule has 2 unspecified atom stereocenters. The summed E-state index contributed by atoms with van der Waals surface area (Å²) in [6.07, 6.45) is 24.2. The molecular weight excluding hydrogens is 1810 g/mol. The summed E-state index contributed by atoms with van der Waals surface area (Å²) in [5.41, 5.74) is 8.34. The average molecular weight is 1880 g/mol. The van der Waals surface area contributed by atoms with E-state index in [1.807, 2.05) is 103 Å². The van der Waals surface area contributed by atoms with Crippen LogP contribution in [0, 0.1) is 50.9 Å². The molecule has 1 radical (unpaired) electrons. The fourth-order valence-electron chi connectivity index (χ4n) is 7.68. The van der Waals surface area contributed by atoms with Crippen LogP contribution < -0.4 is 55.9 Å². The number of hydrogen-bond donors (Lipinski definition) is 0. The number of rotatable bonds is 12. The van der Waals surface area contributed by atoms with Gasteiger partial charge in [0, 0.05) is 43.8 Å². The first-order chi connectivity index (χ1) is 38.3. The Morgan fingerprint density at radius 2 is 0.654 bits per heavy atom. The van der Waals surface area contributed by atoms with Gasteiger partial charge in [-0.05, 0) is 107 Å². The van der Waals surface area contributed by atoms with E-state index in [0.29, 0.717) is 11.3 Å². The van der Waals surface area contributed by atoms with E-state index in [9.17, 15) is 0 Å². The minimum absolute atomic E-state index is 0. The van der Waals surface area contributed by atoms with Crippen LogP contribution in [0.1, 0.15) is 38.9 Å². The van der Waals surface area contributed by atoms with Gasteiger partial charge < -0.3 is 31.8 Å². The molecule has 0 heterocycles. The van der Waals surface area contributed by atoms with Gasteiger partial charge in [-0.1, -0.05) is 207 Å². The summed E-state index contributed by atoms with van der Waals surface area (Å²) in [5, 5.41) is 14.0. The zero-order valence-electron chi connectivity index (χ0n) is 45.3. The second-order valence-corrected chi connectivity index (χ2v) is 22.1. The van der Waals surface area contributed by atoms with Gasteiger partial charge in [-0.15, -0.1) is 41.8 Å². The van der Waals surface area contributed by atoms with Crippen LogP contribution in [0.3, 0.4) is 0 Å². The van der Waals surface area contributed by atoms with Gasteiger partial charge in [-0.25, -0.2) is 0 Å². The maximum absolute atomic E-state index is 8.25. The third-order valence-corrected chi connectivity index (χ3v) is 17.2. The Hall–Kier alpha value is -3.50. The van der Waals surface area contributed by atoms with Gasteiger partial charge >= 0.3 is 110 Å². The fourth-order valence-corrected chi connectivity index (χ4v) is 13.3. The minimum atomic E-state index is -0.922. The third-order valence-electron chi connectivity index (χ3n) is 11.3. The van der Waals surface area contributed by atoms with Gasteiger partial charge in [0.25, 0.3) is 0 Å². The molecule has 2 atom stereocenters. The van der Waals surface area contributed by atoms with Crippen molar-refractivity contribution in [2.75, 3.05) is 7.11 Å². The van der Waals surface area contributed by atoms with Gasteiger partial charge in [0.1, 0.15) is 0 Å². The molecule has 9 aromatic rings. The topological polar surface area (TPSA) is 23.1 Å². The average Bonchev–Trinajstić information content (AvgIpc) is 3.54. The Bertz CT molecular complexity index is 2720. The van der Waals surface area contributed by atoms with E-state index < -0.39 is 15.8 Å². The summed E-state index contributed by atoms with van der Waals surface area (Å²) in [5.74, 6) is 7.08. The number of terminal acetylenes is 1. The smallest absolute Gasteiger partial charge is 1.00 e. The summed E-state index contributed by atoms with van der Waals surface area (Å²) < 4.78 is 0. The van der Waals surface area contributed by atoms with Gasteiger partial charge in [0.15, 0.2) is 0 Å². The molecule has 0 fully saturated rings. The van der Waals surface area contributed by atoms with Crippen molar-refractivity contribution in [3.63, 3.8) is 0 Å². The van der Waals surface area contributed by atoms with Crippen molar-refractivity contribution in [3.8, 4) is 24.2 Å². The maximum atomic E-state index is 8.25. The molecule has 10 heteroatoms. The Labute approximate surface area is 575 Å². The van der Waals surface area contributed by atoms with Gasteiger partial charge in [0.05, 0.1) is 21.2 Å². The molecule has 0 aliphatic carbocycles. The Balaban J connectivity index is 0. The summed E-state index contributed by atoms with van der Waals surface area (Å²) in [6.45, 7) is 16.8. The van der Waals surface area contributed by atoms with Gasteiger partial charge in [0.2, 0.25) is 0 Å². The normalized spacial score (nSPS) is 9.74. The van der Waals surface area contributed by atoms with E-state index in [4.69, 9.17) is 24.4 Å². The first-order valence-electron chi connectivity index (χ1n) is 24.5. The SMILES string of the molecule is C#Cc1ccccc1.C=Cc1ccc(CC([CH2-])[PH+](c2ccccc2)c2ccccc2)cc1.C=Cc1ccc(CC([CH2-])[PH+](c2ccccc2)c2ccccc2)cc1.C[O-].[Au+].[Au].[C-]#Cc1ccccc1.[C-]#Cc1ccccc1.[Cl][Au].[Cl][Au].[Na+]. The molecule has 0 aromatic heterocycles. The van der Waals surface area contributed by atoms with Crippen molar-refractivity contribution in [1.29, 1.82) is 0 Å². The van der Waals surface area contributed by atoms with Gasteiger partial charge in [-0.3, -0.25) is 11.8 Å². The van der Waals surface area contributed by atoms with Crippen molar-refractivity contribution in [2.24, 2.45) is 0 Å². The van der Waals surface area contributed by atoms with Crippen LogP contribution in [0.25, 0.3) is 12.2 Å². The molecule has 0 aliphatic heterocycles. The first-order valence-corrected chi connectivity index (χ1v) is 33.0. The molecule has 1 nitrogen and oxygen atoms in total. The van der Waals surface area contributed by atoms with Crippen molar-refractivity contribution in [1.82, 2.24) is 0 Å². The fraction of sp³-hybridized carbons (Fsp3) is 0.0704. The summed E-state index contributed by atoms with van der Waals surface area (Å²) in [4.78, 5) is 0. The molecule has 0 N–H and O–H groups in total. The van der Waals surface area contributed by atoms with Crippen molar-refractivity contribution >= 4 is 67.6 Å². The number of halogens is 2. The van der Waals surface area contributed by atoms with Crippen molar-refractivity contribution in [2.45, 2.75) is 24.2 Å². The predicted molar refractivity (Wildman–Crippen MR) is 337 cm³/mol. The quantitative estimate of drug-likeness (QED) is 0.0517. The molecule has 0 amide bonds. The van der Waals surface area contributed by atoms with Crippen molar-refractivity contribution < 1.29 is 119 Å². The molecule has 0 aliphatic rings. The van der Waals surface area contributed by atoms with E-state index in [2.05, 4.69) is 233 Å². The molecule has 425 valence electrons. The molecule has 81 heavy (non-hydrogen) atoms. The van der Waals surface area contributed by atoms with Crippen LogP contribution in [0.5, 0.6) is 0 Å². The van der Waals surface area contributed by atoms with E-state index >= 15 is 0 Å². The Morgan fingerprint density at radius 1 is 0.444 bits per heavy atom. The molecule has 0 saturated carbocycles. The molecule has 0 bridgehead atoms. The second kappa shape index (κ2) is 52.1. The first kappa shape index (κ1) is 79.6. The van der Waals surface area contributed by atoms with Crippen molar-refractivity contribution in [3.05, 3.63) is 340 Å². The molecular formula is C71H65Au4Cl2NaOP2-. The maximum Gasteiger partial charge on any atom is 1.00 e. The van der Waals surface area contributed by atoms with E-state index in [0.717, 1.165) is 47.8 Å². The number of hydrogen-bond acceptors (Lipinski definition) is 1. The molecule has 0 spiro atoms. The van der Waals surface area contributed by atoms with Crippen LogP contribution in [-0.4, -0.2) is 18.4 Å². The zero-order valence-corrected chi connectivity index (χ0v) is 59.5.